The topological polar surface area (TPSA) is 193 Å². The number of nitrogens with zero attached hydrogens (tertiary/aromatic N) is 2. The van der Waals surface area contributed by atoms with E-state index in [-0.39, 0.29) is 42.2 Å². The molecule has 7 atom stereocenters. The number of hydrogen-bond acceptors (Lipinski definition) is 18. The van der Waals surface area contributed by atoms with Crippen molar-refractivity contribution in [2.45, 2.75) is 94.2 Å². The van der Waals surface area contributed by atoms with Crippen molar-refractivity contribution in [2.75, 3.05) is 47.0 Å². The number of nitrogens with one attached hydrogen (secondary N) is 1. The van der Waals surface area contributed by atoms with E-state index >= 15 is 4.79 Å². The molecule has 7 aliphatic heterocycles. The lowest BCUT2D eigenvalue weighted by Crippen LogP contribution is -2.70. The maximum Gasteiger partial charge on any atom is 0.518 e. The molecular weight excluding hydrogens is 839 g/mol. The molecule has 2 saturated heterocycles. The van der Waals surface area contributed by atoms with E-state index in [1.54, 1.807) is 39.8 Å². The number of aryl methyl sites for hydroxylation is 1. The molecule has 10 rings (SSSR count). The average Bonchev–Trinajstić information content (AvgIpc) is 3.72. The van der Waals surface area contributed by atoms with Gasteiger partial charge in [-0.3, -0.25) is 15.1 Å². The summed E-state index contributed by atoms with van der Waals surface area (Å²) in [6.07, 6.45) is -1.21. The molecule has 7 aliphatic rings. The molecule has 336 valence electrons. The van der Waals surface area contributed by atoms with Gasteiger partial charge in [-0.2, -0.15) is 0 Å². The maximum atomic E-state index is 15.0. The number of carbonyl (C=O) groups is 3. The van der Waals surface area contributed by atoms with E-state index in [4.69, 9.17) is 42.6 Å². The number of phenols is 1. The molecule has 0 aliphatic carbocycles. The fourth-order valence-electron chi connectivity index (χ4n) is 10.5. The van der Waals surface area contributed by atoms with E-state index in [2.05, 4.69) is 16.8 Å². The van der Waals surface area contributed by atoms with Gasteiger partial charge in [0.1, 0.15) is 24.2 Å². The predicted molar refractivity (Wildman–Crippen MR) is 226 cm³/mol. The summed E-state index contributed by atoms with van der Waals surface area (Å²) in [5.74, 6) is 0.999. The zero-order chi connectivity index (χ0) is 44.9. The highest BCUT2D eigenvalue weighted by Crippen LogP contribution is 2.64. The van der Waals surface area contributed by atoms with Crippen LogP contribution in [0.3, 0.4) is 0 Å². The second kappa shape index (κ2) is 15.7. The Morgan fingerprint density at radius 2 is 1.75 bits per heavy atom. The minimum Gasteiger partial charge on any atom is -0.504 e. The van der Waals surface area contributed by atoms with E-state index in [0.29, 0.717) is 64.5 Å². The van der Waals surface area contributed by atoms with Gasteiger partial charge in [0.2, 0.25) is 6.79 Å². The number of methoxy groups -OCH3 is 2. The van der Waals surface area contributed by atoms with Crippen LogP contribution in [0.4, 0.5) is 9.59 Å². The summed E-state index contributed by atoms with van der Waals surface area (Å²) in [5.41, 5.74) is 2.80. The largest absolute Gasteiger partial charge is 0.518 e. The smallest absolute Gasteiger partial charge is 0.504 e. The third-order valence-corrected chi connectivity index (χ3v) is 14.4. The minimum absolute atomic E-state index is 0.00694. The van der Waals surface area contributed by atoms with Gasteiger partial charge in [-0.1, -0.05) is 12.6 Å². The number of piperazine rings is 1. The number of benzene rings is 3. The highest BCUT2D eigenvalue weighted by molar-refractivity contribution is 7.99. The summed E-state index contributed by atoms with van der Waals surface area (Å²) in [7, 11) is 4.88. The molecule has 18 heteroatoms. The second-order valence-electron chi connectivity index (χ2n) is 17.5. The van der Waals surface area contributed by atoms with Crippen LogP contribution in [-0.2, 0) is 37.4 Å². The Labute approximate surface area is 368 Å². The summed E-state index contributed by atoms with van der Waals surface area (Å²) in [6, 6.07) is 2.79. The van der Waals surface area contributed by atoms with Crippen molar-refractivity contribution in [2.24, 2.45) is 0 Å². The first-order valence-electron chi connectivity index (χ1n) is 20.7. The molecule has 3 N–H and O–H groups in total. The van der Waals surface area contributed by atoms with Gasteiger partial charge < -0.3 is 52.8 Å². The highest BCUT2D eigenvalue weighted by Gasteiger charge is 2.61. The summed E-state index contributed by atoms with van der Waals surface area (Å²) in [5, 5.41) is 27.6. The molecule has 2 fully saturated rings. The number of rotatable bonds is 5. The van der Waals surface area contributed by atoms with Crippen molar-refractivity contribution in [3.63, 3.8) is 0 Å². The molecule has 0 aromatic heterocycles. The monoisotopic (exact) mass is 889 g/mol. The van der Waals surface area contributed by atoms with Crippen molar-refractivity contribution in [3.05, 3.63) is 75.5 Å². The zero-order valence-corrected chi connectivity index (χ0v) is 37.1. The fraction of sp³-hybridized carbons (Fsp3) is 0.489. The molecule has 0 amide bonds. The number of phenolic OH excluding ortho intramolecular Hbond substituents is 1. The quantitative estimate of drug-likeness (QED) is 0.121. The van der Waals surface area contributed by atoms with Crippen LogP contribution in [0.5, 0.6) is 40.2 Å². The second-order valence-corrected chi connectivity index (χ2v) is 18.6. The third-order valence-electron chi connectivity index (χ3n) is 13.0. The van der Waals surface area contributed by atoms with Gasteiger partial charge in [0.05, 0.1) is 43.9 Å². The molecule has 1 spiro atoms. The number of esters is 1. The normalized spacial score (nSPS) is 26.9. The Bertz CT molecular complexity index is 2440. The van der Waals surface area contributed by atoms with Gasteiger partial charge in [0, 0.05) is 40.6 Å². The van der Waals surface area contributed by atoms with Gasteiger partial charge in [-0.25, -0.2) is 14.4 Å². The predicted octanol–water partition coefficient (Wildman–Crippen LogP) is 5.76. The molecule has 7 heterocycles. The number of fused-ring (bicyclic) bond motifs is 9. The fourth-order valence-corrected chi connectivity index (χ4v) is 12.1. The van der Waals surface area contributed by atoms with Crippen molar-refractivity contribution in [3.8, 4) is 40.2 Å². The molecule has 17 nitrogen and oxygen atoms in total. The SMILES string of the molecule is C=COC(=O)Oc1c(C)c2c(c3c1[C@H]1SC[C@]4(NCCc5cc(OC(=O)OC(C)(C)C)c(OC)cc54)C(=O)OC[C@H]3N3C1[C@H]1c4c(cc(C)c(OC)c4O)C[C@@H]([C@@H]3O)N1C)OCO2. The van der Waals surface area contributed by atoms with Crippen LogP contribution in [0.15, 0.2) is 31.0 Å². The first-order chi connectivity index (χ1) is 30.0. The molecule has 63 heavy (non-hydrogen) atoms. The van der Waals surface area contributed by atoms with Gasteiger partial charge in [-0.15, -0.1) is 11.8 Å². The van der Waals surface area contributed by atoms with Crippen molar-refractivity contribution < 1.29 is 67.2 Å². The van der Waals surface area contributed by atoms with Gasteiger partial charge in [0.15, 0.2) is 40.0 Å². The minimum atomic E-state index is -1.48. The number of likely N-dealkylation sites (N-methyl/N-ethyl adjacent to an activating group) is 1. The summed E-state index contributed by atoms with van der Waals surface area (Å²) < 4.78 is 52.5. The number of carbonyl (C=O) groups excluding carboxylic acids is 3. The molecule has 3 aromatic rings. The number of aliphatic hydroxyl groups is 1. The van der Waals surface area contributed by atoms with E-state index < -0.39 is 65.1 Å². The lowest BCUT2D eigenvalue weighted by molar-refractivity contribution is -0.186. The standard InChI is InChI=1S/C45H51N3O14S/c1-10-56-42(52)61-36-21(3)37-38(59-19-58-37)30-26-17-57-41(51)45(24-16-27(54-8)28(15-22(24)11-12-46-45)60-43(53)62-44(4,5)6)18-63-39(31(30)36)33-32-29-23(13-20(2)35(55-9)34(29)49)14-25(47(32)7)40(50)48(26)33/h10,13,15-16,25-26,32-33,39-40,46,49-50H,1,11-12,14,17-19H2,2-9H3/t25-,26+,32+,33?,39+,40-,45+/m0/s1. The lowest BCUT2D eigenvalue weighted by atomic mass is 9.73. The van der Waals surface area contributed by atoms with Crippen molar-refractivity contribution >= 4 is 30.0 Å². The average molecular weight is 890 g/mol. The number of aliphatic hydroxyl groups excluding tert-OH is 1. The summed E-state index contributed by atoms with van der Waals surface area (Å²) in [6.45, 7) is 12.3. The lowest BCUT2D eigenvalue weighted by Gasteiger charge is -2.62. The molecule has 0 radical (unpaired) electrons. The first kappa shape index (κ1) is 42.9. The van der Waals surface area contributed by atoms with E-state index in [9.17, 15) is 19.8 Å². The van der Waals surface area contributed by atoms with Crippen LogP contribution in [-0.4, -0.2) is 109 Å². The molecule has 4 bridgehead atoms. The van der Waals surface area contributed by atoms with Crippen LogP contribution in [0, 0.1) is 13.8 Å². The molecule has 1 unspecified atom stereocenters. The Hall–Kier alpha value is -5.40. The number of thioether (sulfide) groups is 1. The number of aromatic hydroxyl groups is 1. The molecule has 3 aromatic carbocycles. The van der Waals surface area contributed by atoms with Gasteiger partial charge >= 0.3 is 18.3 Å². The Morgan fingerprint density at radius 1 is 0.984 bits per heavy atom. The maximum absolute atomic E-state index is 15.0. The molecule has 0 saturated carbocycles. The summed E-state index contributed by atoms with van der Waals surface area (Å²) >= 11 is 1.39. The molecular formula is C45H51N3O14S. The van der Waals surface area contributed by atoms with Crippen molar-refractivity contribution in [1.82, 2.24) is 15.1 Å². The number of ether oxygens (including phenoxy) is 9. The van der Waals surface area contributed by atoms with Gasteiger partial charge in [0.25, 0.3) is 0 Å². The van der Waals surface area contributed by atoms with Crippen LogP contribution >= 0.6 is 11.8 Å². The van der Waals surface area contributed by atoms with Crippen molar-refractivity contribution in [1.29, 1.82) is 0 Å². The Morgan fingerprint density at radius 3 is 2.46 bits per heavy atom. The third kappa shape index (κ3) is 6.71. The first-order valence-corrected chi connectivity index (χ1v) is 21.8. The van der Waals surface area contributed by atoms with Crippen LogP contribution in [0.1, 0.15) is 82.6 Å². The van der Waals surface area contributed by atoms with E-state index in [1.807, 2.05) is 24.9 Å². The Kier molecular flexibility index (Phi) is 10.7. The van der Waals surface area contributed by atoms with Crippen LogP contribution in [0.25, 0.3) is 0 Å². The highest BCUT2D eigenvalue weighted by atomic mass is 32.2. The van der Waals surface area contributed by atoms with Crippen LogP contribution in [0.2, 0.25) is 0 Å². The Balaban J connectivity index is 1.26. The number of hydrogen-bond donors (Lipinski definition) is 3. The summed E-state index contributed by atoms with van der Waals surface area (Å²) in [4.78, 5) is 45.2. The van der Waals surface area contributed by atoms with E-state index in [1.165, 1.54) is 26.0 Å². The van der Waals surface area contributed by atoms with Crippen LogP contribution < -0.4 is 33.7 Å². The van der Waals surface area contributed by atoms with Gasteiger partial charge in [-0.05, 0) is 88.9 Å². The zero-order valence-electron chi connectivity index (χ0n) is 36.3. The van der Waals surface area contributed by atoms with E-state index in [0.717, 1.165) is 23.0 Å².